The molecule has 0 fully saturated rings. The molecule has 3 rings (SSSR count). The summed E-state index contributed by atoms with van der Waals surface area (Å²) in [6.07, 6.45) is 1.87. The lowest BCUT2D eigenvalue weighted by atomic mass is 9.93. The third kappa shape index (κ3) is 4.06. The van der Waals surface area contributed by atoms with Crippen molar-refractivity contribution in [2.45, 2.75) is 47.1 Å². The lowest BCUT2D eigenvalue weighted by Gasteiger charge is -2.17. The highest BCUT2D eigenvalue weighted by molar-refractivity contribution is 5.69. The predicted molar refractivity (Wildman–Crippen MR) is 109 cm³/mol. The molecule has 1 aromatic heterocycles. The SMILES string of the molecule is CCc1cccc(CC)c1-c1cc(C)c(COc2cc(F)ccc2F)c(C)n1. The molecule has 0 atom stereocenters. The average Bonchev–Trinajstić information content (AvgIpc) is 2.68. The zero-order valence-electron chi connectivity index (χ0n) is 16.8. The quantitative estimate of drug-likeness (QED) is 0.496. The van der Waals surface area contributed by atoms with E-state index in [1.165, 1.54) is 16.7 Å². The Hall–Kier alpha value is -2.75. The van der Waals surface area contributed by atoms with E-state index in [0.29, 0.717) is 0 Å². The summed E-state index contributed by atoms with van der Waals surface area (Å²) >= 11 is 0. The van der Waals surface area contributed by atoms with Gasteiger partial charge in [0.2, 0.25) is 0 Å². The molecule has 146 valence electrons. The van der Waals surface area contributed by atoms with Crippen LogP contribution in [0.15, 0.2) is 42.5 Å². The van der Waals surface area contributed by atoms with E-state index in [2.05, 4.69) is 38.1 Å². The van der Waals surface area contributed by atoms with Gasteiger partial charge in [-0.2, -0.15) is 0 Å². The predicted octanol–water partition coefficient (Wildman–Crippen LogP) is 6.35. The minimum Gasteiger partial charge on any atom is -0.486 e. The van der Waals surface area contributed by atoms with Crippen molar-refractivity contribution in [3.8, 4) is 17.0 Å². The lowest BCUT2D eigenvalue weighted by molar-refractivity contribution is 0.286. The van der Waals surface area contributed by atoms with Crippen molar-refractivity contribution in [1.82, 2.24) is 4.98 Å². The van der Waals surface area contributed by atoms with Crippen molar-refractivity contribution in [2.75, 3.05) is 0 Å². The first-order valence-corrected chi connectivity index (χ1v) is 9.60. The van der Waals surface area contributed by atoms with Gasteiger partial charge in [0, 0.05) is 22.9 Å². The first-order valence-electron chi connectivity index (χ1n) is 9.60. The number of hydrogen-bond acceptors (Lipinski definition) is 2. The Labute approximate surface area is 165 Å². The molecule has 0 radical (unpaired) electrons. The summed E-state index contributed by atoms with van der Waals surface area (Å²) < 4.78 is 32.7. The summed E-state index contributed by atoms with van der Waals surface area (Å²) in [7, 11) is 0. The van der Waals surface area contributed by atoms with Gasteiger partial charge in [-0.15, -0.1) is 0 Å². The smallest absolute Gasteiger partial charge is 0.165 e. The highest BCUT2D eigenvalue weighted by atomic mass is 19.1. The zero-order chi connectivity index (χ0) is 20.3. The summed E-state index contributed by atoms with van der Waals surface area (Å²) in [6.45, 7) is 8.36. The van der Waals surface area contributed by atoms with Gasteiger partial charge < -0.3 is 4.74 Å². The van der Waals surface area contributed by atoms with Crippen LogP contribution in [0.3, 0.4) is 0 Å². The molecule has 0 unspecified atom stereocenters. The van der Waals surface area contributed by atoms with Crippen LogP contribution in [-0.2, 0) is 19.4 Å². The molecule has 0 N–H and O–H groups in total. The number of pyridine rings is 1. The van der Waals surface area contributed by atoms with Gasteiger partial charge in [-0.3, -0.25) is 4.98 Å². The average molecular weight is 381 g/mol. The minimum absolute atomic E-state index is 0.0903. The Bertz CT molecular complexity index is 953. The van der Waals surface area contributed by atoms with Crippen molar-refractivity contribution >= 4 is 0 Å². The van der Waals surface area contributed by atoms with Crippen LogP contribution in [0.4, 0.5) is 8.78 Å². The third-order valence-corrected chi connectivity index (χ3v) is 5.07. The molecule has 0 amide bonds. The lowest BCUT2D eigenvalue weighted by Crippen LogP contribution is -2.06. The summed E-state index contributed by atoms with van der Waals surface area (Å²) in [4.78, 5) is 4.83. The molecule has 0 bridgehead atoms. The molecule has 28 heavy (non-hydrogen) atoms. The highest BCUT2D eigenvalue weighted by Crippen LogP contribution is 2.30. The third-order valence-electron chi connectivity index (χ3n) is 5.07. The van der Waals surface area contributed by atoms with Gasteiger partial charge in [-0.1, -0.05) is 32.0 Å². The van der Waals surface area contributed by atoms with E-state index in [1.54, 1.807) is 0 Å². The summed E-state index contributed by atoms with van der Waals surface area (Å²) in [6, 6.07) is 11.6. The van der Waals surface area contributed by atoms with E-state index in [9.17, 15) is 8.78 Å². The van der Waals surface area contributed by atoms with Gasteiger partial charge in [-0.25, -0.2) is 8.78 Å². The normalized spacial score (nSPS) is 10.9. The van der Waals surface area contributed by atoms with Crippen LogP contribution in [0, 0.1) is 25.5 Å². The van der Waals surface area contributed by atoms with Gasteiger partial charge in [0.05, 0.1) is 5.69 Å². The van der Waals surface area contributed by atoms with E-state index in [-0.39, 0.29) is 12.4 Å². The van der Waals surface area contributed by atoms with Crippen molar-refractivity contribution in [3.63, 3.8) is 0 Å². The number of aryl methyl sites for hydroxylation is 4. The highest BCUT2D eigenvalue weighted by Gasteiger charge is 2.15. The number of aromatic nitrogens is 1. The second kappa shape index (κ2) is 8.51. The maximum Gasteiger partial charge on any atom is 0.165 e. The number of rotatable bonds is 6. The van der Waals surface area contributed by atoms with Crippen LogP contribution in [0.25, 0.3) is 11.3 Å². The standard InChI is InChI=1S/C24H25F2NO/c1-5-17-8-7-9-18(6-2)24(17)22-12-15(3)20(16(4)27-22)14-28-23-13-19(25)10-11-21(23)26/h7-13H,5-6,14H2,1-4H3. The zero-order valence-corrected chi connectivity index (χ0v) is 16.8. The maximum absolute atomic E-state index is 13.8. The minimum atomic E-state index is -0.578. The summed E-state index contributed by atoms with van der Waals surface area (Å²) in [5, 5.41) is 0. The van der Waals surface area contributed by atoms with Gasteiger partial charge in [0.15, 0.2) is 11.6 Å². The first-order chi connectivity index (χ1) is 13.4. The molecular formula is C24H25F2NO. The van der Waals surface area contributed by atoms with E-state index < -0.39 is 11.6 Å². The van der Waals surface area contributed by atoms with Crippen molar-refractivity contribution in [2.24, 2.45) is 0 Å². The second-order valence-corrected chi connectivity index (χ2v) is 6.91. The van der Waals surface area contributed by atoms with Crippen LogP contribution in [-0.4, -0.2) is 4.98 Å². The molecule has 2 nitrogen and oxygen atoms in total. The fourth-order valence-electron chi connectivity index (χ4n) is 3.51. The molecule has 4 heteroatoms. The largest absolute Gasteiger partial charge is 0.486 e. The number of ether oxygens (including phenoxy) is 1. The van der Waals surface area contributed by atoms with Crippen LogP contribution in [0.5, 0.6) is 5.75 Å². The Morgan fingerprint density at radius 2 is 1.61 bits per heavy atom. The van der Waals surface area contributed by atoms with Crippen LogP contribution in [0.2, 0.25) is 0 Å². The number of nitrogens with zero attached hydrogens (tertiary/aromatic N) is 1. The van der Waals surface area contributed by atoms with Crippen molar-refractivity contribution in [1.29, 1.82) is 0 Å². The fourth-order valence-corrected chi connectivity index (χ4v) is 3.51. The second-order valence-electron chi connectivity index (χ2n) is 6.91. The molecule has 0 aliphatic carbocycles. The Kier molecular flexibility index (Phi) is 6.08. The molecule has 0 saturated heterocycles. The molecule has 3 aromatic rings. The van der Waals surface area contributed by atoms with Crippen LogP contribution < -0.4 is 4.74 Å². The van der Waals surface area contributed by atoms with E-state index >= 15 is 0 Å². The van der Waals surface area contributed by atoms with Gasteiger partial charge in [0.25, 0.3) is 0 Å². The molecule has 0 spiro atoms. The molecular weight excluding hydrogens is 356 g/mol. The van der Waals surface area contributed by atoms with Gasteiger partial charge in [0.1, 0.15) is 12.4 Å². The van der Waals surface area contributed by atoms with Gasteiger partial charge in [-0.05, 0) is 61.6 Å². The maximum atomic E-state index is 13.8. The van der Waals surface area contributed by atoms with Crippen LogP contribution in [0.1, 0.15) is 41.8 Å². The molecule has 2 aromatic carbocycles. The molecule has 0 aliphatic heterocycles. The molecule has 1 heterocycles. The number of halogens is 2. The Balaban J connectivity index is 1.95. The van der Waals surface area contributed by atoms with Crippen molar-refractivity contribution < 1.29 is 13.5 Å². The topological polar surface area (TPSA) is 22.1 Å². The summed E-state index contributed by atoms with van der Waals surface area (Å²) in [5.41, 5.74) is 7.44. The monoisotopic (exact) mass is 381 g/mol. The van der Waals surface area contributed by atoms with E-state index in [1.807, 2.05) is 13.8 Å². The van der Waals surface area contributed by atoms with Crippen LogP contribution >= 0.6 is 0 Å². The first kappa shape index (κ1) is 20.0. The van der Waals surface area contributed by atoms with E-state index in [0.717, 1.165) is 53.6 Å². The number of hydrogen-bond donors (Lipinski definition) is 0. The molecule has 0 aliphatic rings. The fraction of sp³-hybridized carbons (Fsp3) is 0.292. The number of benzene rings is 2. The Morgan fingerprint density at radius 3 is 2.21 bits per heavy atom. The Morgan fingerprint density at radius 1 is 0.929 bits per heavy atom. The van der Waals surface area contributed by atoms with Gasteiger partial charge >= 0.3 is 0 Å². The van der Waals surface area contributed by atoms with E-state index in [4.69, 9.17) is 9.72 Å². The molecule has 0 saturated carbocycles. The van der Waals surface area contributed by atoms with Crippen molar-refractivity contribution in [3.05, 3.63) is 82.0 Å². The summed E-state index contributed by atoms with van der Waals surface area (Å²) in [5.74, 6) is -1.19.